The van der Waals surface area contributed by atoms with E-state index in [4.69, 9.17) is 0 Å². The number of rotatable bonds is 6. The molecule has 1 aromatic carbocycles. The van der Waals surface area contributed by atoms with E-state index in [2.05, 4.69) is 22.2 Å². The number of hydrogen-bond donors (Lipinski definition) is 0. The van der Waals surface area contributed by atoms with Gasteiger partial charge in [0.1, 0.15) is 0 Å². The molecule has 7 nitrogen and oxygen atoms in total. The third-order valence-electron chi connectivity index (χ3n) is 5.69. The highest BCUT2D eigenvalue weighted by molar-refractivity contribution is 7.09. The van der Waals surface area contributed by atoms with E-state index in [0.29, 0.717) is 24.2 Å². The van der Waals surface area contributed by atoms with Gasteiger partial charge in [-0.15, -0.1) is 11.3 Å². The summed E-state index contributed by atoms with van der Waals surface area (Å²) in [6, 6.07) is 5.26. The third kappa shape index (κ3) is 4.15. The number of thiazole rings is 1. The summed E-state index contributed by atoms with van der Waals surface area (Å²) in [5.74, 6) is -0.613. The average molecular weight is 427 g/mol. The zero-order valence-corrected chi connectivity index (χ0v) is 18.2. The van der Waals surface area contributed by atoms with Crippen molar-refractivity contribution < 1.29 is 14.4 Å². The molecule has 2 aromatic rings. The first kappa shape index (κ1) is 20.7. The molecule has 0 bridgehead atoms. The van der Waals surface area contributed by atoms with Gasteiger partial charge in [-0.2, -0.15) is 0 Å². The molecule has 158 valence electrons. The molecule has 1 saturated heterocycles. The maximum absolute atomic E-state index is 12.6. The Morgan fingerprint density at radius 2 is 1.83 bits per heavy atom. The molecule has 0 aliphatic carbocycles. The molecule has 0 atom stereocenters. The van der Waals surface area contributed by atoms with E-state index in [9.17, 15) is 14.4 Å². The predicted molar refractivity (Wildman–Crippen MR) is 115 cm³/mol. The highest BCUT2D eigenvalue weighted by atomic mass is 32.1. The molecular weight excluding hydrogens is 400 g/mol. The minimum absolute atomic E-state index is 0.00989. The monoisotopic (exact) mass is 426 g/mol. The third-order valence-corrected chi connectivity index (χ3v) is 6.73. The van der Waals surface area contributed by atoms with E-state index in [1.165, 1.54) is 4.90 Å². The summed E-state index contributed by atoms with van der Waals surface area (Å²) in [6.07, 6.45) is 1.12. The number of aromatic nitrogens is 1. The van der Waals surface area contributed by atoms with Gasteiger partial charge >= 0.3 is 0 Å². The first-order valence-corrected chi connectivity index (χ1v) is 11.2. The van der Waals surface area contributed by atoms with Crippen LogP contribution in [-0.2, 0) is 17.8 Å². The quantitative estimate of drug-likeness (QED) is 0.663. The fourth-order valence-electron chi connectivity index (χ4n) is 3.94. The number of fused-ring (bicyclic) bond motifs is 1. The lowest BCUT2D eigenvalue weighted by atomic mass is 10.1. The summed E-state index contributed by atoms with van der Waals surface area (Å²) in [4.78, 5) is 47.7. The van der Waals surface area contributed by atoms with Gasteiger partial charge in [0.25, 0.3) is 11.8 Å². The summed E-state index contributed by atoms with van der Waals surface area (Å²) < 4.78 is 0. The first-order valence-electron chi connectivity index (χ1n) is 10.4. The van der Waals surface area contributed by atoms with Crippen molar-refractivity contribution in [3.8, 4) is 0 Å². The van der Waals surface area contributed by atoms with Crippen LogP contribution in [-0.4, -0.2) is 70.1 Å². The molecule has 3 heterocycles. The fraction of sp³-hybridized carbons (Fsp3) is 0.455. The largest absolute Gasteiger partial charge is 0.340 e. The van der Waals surface area contributed by atoms with Crippen molar-refractivity contribution in [2.24, 2.45) is 0 Å². The second-order valence-electron chi connectivity index (χ2n) is 7.80. The zero-order chi connectivity index (χ0) is 21.3. The number of carbonyl (C=O) groups is 3. The number of imide groups is 1. The highest BCUT2D eigenvalue weighted by Gasteiger charge is 2.35. The topological polar surface area (TPSA) is 73.8 Å². The highest BCUT2D eigenvalue weighted by Crippen LogP contribution is 2.24. The van der Waals surface area contributed by atoms with Crippen LogP contribution < -0.4 is 0 Å². The zero-order valence-electron chi connectivity index (χ0n) is 17.4. The summed E-state index contributed by atoms with van der Waals surface area (Å²) in [5.41, 5.74) is 2.90. The van der Waals surface area contributed by atoms with Crippen LogP contribution in [0, 0.1) is 6.92 Å². The Kier molecular flexibility index (Phi) is 5.97. The molecule has 3 amide bonds. The number of piperazine rings is 1. The van der Waals surface area contributed by atoms with Crippen LogP contribution in [0.5, 0.6) is 0 Å². The van der Waals surface area contributed by atoms with Crippen LogP contribution >= 0.6 is 11.3 Å². The van der Waals surface area contributed by atoms with Gasteiger partial charge in [0.15, 0.2) is 0 Å². The van der Waals surface area contributed by atoms with Gasteiger partial charge in [-0.25, -0.2) is 4.98 Å². The van der Waals surface area contributed by atoms with E-state index in [1.54, 1.807) is 23.5 Å². The molecule has 0 unspecified atom stereocenters. The Morgan fingerprint density at radius 1 is 1.10 bits per heavy atom. The van der Waals surface area contributed by atoms with Gasteiger partial charge in [-0.05, 0) is 25.5 Å². The number of amides is 3. The van der Waals surface area contributed by atoms with Crippen LogP contribution in [0.4, 0.5) is 0 Å². The van der Waals surface area contributed by atoms with Gasteiger partial charge < -0.3 is 4.90 Å². The molecule has 2 aliphatic heterocycles. The summed E-state index contributed by atoms with van der Waals surface area (Å²) >= 11 is 1.70. The molecule has 4 rings (SSSR count). The summed E-state index contributed by atoms with van der Waals surface area (Å²) in [5, 5.41) is 3.27. The van der Waals surface area contributed by atoms with Gasteiger partial charge in [-0.3, -0.25) is 24.2 Å². The molecular formula is C22H26N4O3S. The lowest BCUT2D eigenvalue weighted by Crippen LogP contribution is -2.49. The Bertz CT molecular complexity index is 979. The van der Waals surface area contributed by atoms with Gasteiger partial charge in [0.05, 0.1) is 21.8 Å². The Morgan fingerprint density at radius 3 is 2.53 bits per heavy atom. The van der Waals surface area contributed by atoms with Crippen LogP contribution in [0.1, 0.15) is 50.3 Å². The van der Waals surface area contributed by atoms with Crippen molar-refractivity contribution in [2.45, 2.75) is 33.2 Å². The Hall–Kier alpha value is -2.58. The maximum atomic E-state index is 12.6. The molecule has 2 aliphatic rings. The average Bonchev–Trinajstić information content (AvgIpc) is 3.29. The van der Waals surface area contributed by atoms with E-state index in [1.807, 2.05) is 17.9 Å². The normalized spacial score (nSPS) is 17.0. The van der Waals surface area contributed by atoms with Crippen molar-refractivity contribution in [2.75, 3.05) is 32.7 Å². The molecule has 0 saturated carbocycles. The summed E-state index contributed by atoms with van der Waals surface area (Å²) in [7, 11) is 0. The number of carbonyl (C=O) groups excluding carboxylic acids is 3. The molecule has 0 N–H and O–H groups in total. The number of aryl methyl sites for hydroxylation is 2. The first-order chi connectivity index (χ1) is 14.5. The van der Waals surface area contributed by atoms with Crippen molar-refractivity contribution in [3.63, 3.8) is 0 Å². The van der Waals surface area contributed by atoms with E-state index in [0.717, 1.165) is 42.3 Å². The van der Waals surface area contributed by atoms with Crippen LogP contribution in [0.25, 0.3) is 0 Å². The number of nitrogens with zero attached hydrogens (tertiary/aromatic N) is 4. The second kappa shape index (κ2) is 8.65. The SMILES string of the molecule is CCc1nc(CN2CCN(C(=O)CCN3C(=O)c4ccc(C)cc4C3=O)CC2)cs1. The Labute approximate surface area is 180 Å². The van der Waals surface area contributed by atoms with Crippen molar-refractivity contribution in [3.05, 3.63) is 51.0 Å². The van der Waals surface area contributed by atoms with Crippen molar-refractivity contribution in [1.82, 2.24) is 19.7 Å². The van der Waals surface area contributed by atoms with E-state index >= 15 is 0 Å². The van der Waals surface area contributed by atoms with Crippen LogP contribution in [0.2, 0.25) is 0 Å². The lowest BCUT2D eigenvalue weighted by molar-refractivity contribution is -0.133. The minimum Gasteiger partial charge on any atom is -0.340 e. The Balaban J connectivity index is 1.26. The standard InChI is InChI=1S/C22H26N4O3S/c1-3-19-23-16(14-30-19)13-24-8-10-25(11-9-24)20(27)6-7-26-21(28)17-5-4-15(2)12-18(17)22(26)29/h4-5,12,14H,3,6-11,13H2,1-2H3. The van der Waals surface area contributed by atoms with Crippen molar-refractivity contribution >= 4 is 29.1 Å². The molecule has 8 heteroatoms. The fourth-order valence-corrected chi connectivity index (χ4v) is 4.68. The molecule has 1 fully saturated rings. The van der Waals surface area contributed by atoms with Crippen molar-refractivity contribution in [1.29, 1.82) is 0 Å². The molecule has 1 aromatic heterocycles. The molecule has 30 heavy (non-hydrogen) atoms. The van der Waals surface area contributed by atoms with Gasteiger partial charge in [0, 0.05) is 51.1 Å². The van der Waals surface area contributed by atoms with Gasteiger partial charge in [-0.1, -0.05) is 18.6 Å². The van der Waals surface area contributed by atoms with E-state index < -0.39 is 0 Å². The maximum Gasteiger partial charge on any atom is 0.261 e. The number of hydrogen-bond acceptors (Lipinski definition) is 6. The summed E-state index contributed by atoms with van der Waals surface area (Å²) in [6.45, 7) is 7.86. The second-order valence-corrected chi connectivity index (χ2v) is 8.75. The smallest absolute Gasteiger partial charge is 0.261 e. The molecule has 0 radical (unpaired) electrons. The lowest BCUT2D eigenvalue weighted by Gasteiger charge is -2.34. The number of benzene rings is 1. The predicted octanol–water partition coefficient (Wildman–Crippen LogP) is 2.34. The molecule has 0 spiro atoms. The van der Waals surface area contributed by atoms with Crippen LogP contribution in [0.3, 0.4) is 0 Å². The minimum atomic E-state index is -0.303. The van der Waals surface area contributed by atoms with E-state index in [-0.39, 0.29) is 30.7 Å². The van der Waals surface area contributed by atoms with Gasteiger partial charge in [0.2, 0.25) is 5.91 Å². The van der Waals surface area contributed by atoms with Crippen LogP contribution in [0.15, 0.2) is 23.6 Å².